The summed E-state index contributed by atoms with van der Waals surface area (Å²) in [6.45, 7) is 1.90. The van der Waals surface area contributed by atoms with Gasteiger partial charge in [0.1, 0.15) is 11.6 Å². The molecule has 0 aliphatic carbocycles. The molecule has 0 radical (unpaired) electrons. The molecule has 0 spiro atoms. The minimum Gasteiger partial charge on any atom is -0.478 e. The average molecular weight is 421 g/mol. The van der Waals surface area contributed by atoms with Crippen LogP contribution >= 0.6 is 0 Å². The number of hydrogen-bond acceptors (Lipinski definition) is 5. The molecular formula is C23H17F2N3O3. The second-order valence-corrected chi connectivity index (χ2v) is 6.84. The van der Waals surface area contributed by atoms with Gasteiger partial charge in [0, 0.05) is 24.5 Å². The number of aromatic nitrogens is 2. The van der Waals surface area contributed by atoms with Gasteiger partial charge in [-0.15, -0.1) is 0 Å². The Balaban J connectivity index is 1.68. The fraction of sp³-hybridized carbons (Fsp3) is 0.0870. The van der Waals surface area contributed by atoms with E-state index in [4.69, 9.17) is 9.84 Å². The van der Waals surface area contributed by atoms with Crippen LogP contribution in [0, 0.1) is 11.6 Å². The fourth-order valence-electron chi connectivity index (χ4n) is 3.14. The van der Waals surface area contributed by atoms with Crippen LogP contribution < -0.4 is 10.1 Å². The molecule has 0 amide bonds. The molecule has 4 rings (SSSR count). The number of fused-ring (bicyclic) bond motifs is 1. The lowest BCUT2D eigenvalue weighted by Crippen LogP contribution is -2.09. The summed E-state index contributed by atoms with van der Waals surface area (Å²) in [6.07, 6.45) is 3.14. The number of carboxylic acid groups (broad SMARTS) is 1. The van der Waals surface area contributed by atoms with Crippen molar-refractivity contribution in [1.29, 1.82) is 0 Å². The Bertz CT molecular complexity index is 1260. The fourth-order valence-corrected chi connectivity index (χ4v) is 3.14. The molecule has 0 fully saturated rings. The van der Waals surface area contributed by atoms with E-state index in [9.17, 15) is 13.6 Å². The zero-order valence-corrected chi connectivity index (χ0v) is 16.3. The van der Waals surface area contributed by atoms with Crippen LogP contribution in [-0.2, 0) is 0 Å². The first-order valence-electron chi connectivity index (χ1n) is 9.39. The van der Waals surface area contributed by atoms with E-state index in [1.54, 1.807) is 30.5 Å². The molecule has 2 aromatic heterocycles. The number of anilines is 1. The Labute approximate surface area is 176 Å². The number of pyridine rings is 2. The Hall–Kier alpha value is -4.07. The second-order valence-electron chi connectivity index (χ2n) is 6.84. The lowest BCUT2D eigenvalue weighted by molar-refractivity contribution is 0.0697. The predicted molar refractivity (Wildman–Crippen MR) is 111 cm³/mol. The summed E-state index contributed by atoms with van der Waals surface area (Å²) in [6, 6.07) is 12.8. The quantitative estimate of drug-likeness (QED) is 0.423. The van der Waals surface area contributed by atoms with Crippen LogP contribution in [0.25, 0.3) is 10.8 Å². The molecule has 8 heteroatoms. The van der Waals surface area contributed by atoms with Crippen molar-refractivity contribution >= 4 is 22.6 Å². The van der Waals surface area contributed by atoms with Crippen molar-refractivity contribution in [1.82, 2.24) is 9.97 Å². The zero-order chi connectivity index (χ0) is 22.0. The minimum atomic E-state index is -0.997. The third-order valence-corrected chi connectivity index (χ3v) is 4.75. The summed E-state index contributed by atoms with van der Waals surface area (Å²) in [7, 11) is 0. The van der Waals surface area contributed by atoms with Crippen molar-refractivity contribution in [3.63, 3.8) is 0 Å². The first-order valence-corrected chi connectivity index (χ1v) is 9.39. The SMILES string of the molecule is C[C@H](Nc1nccc2ccnc(Oc3ccc(F)cc3F)c12)c1ccc(C(=O)O)cc1. The van der Waals surface area contributed by atoms with Gasteiger partial charge in [0.05, 0.1) is 10.9 Å². The number of hydrogen-bond donors (Lipinski definition) is 2. The monoisotopic (exact) mass is 421 g/mol. The van der Waals surface area contributed by atoms with Crippen molar-refractivity contribution in [3.8, 4) is 11.6 Å². The van der Waals surface area contributed by atoms with Gasteiger partial charge in [0.2, 0.25) is 5.88 Å². The van der Waals surface area contributed by atoms with Crippen LogP contribution in [0.5, 0.6) is 11.6 Å². The molecule has 0 unspecified atom stereocenters. The molecule has 0 saturated carbocycles. The second kappa shape index (κ2) is 8.35. The first kappa shape index (κ1) is 20.2. The standard InChI is InChI=1S/C23H17F2N3O3/c1-13(14-2-4-16(5-3-14)23(29)30)28-21-20-15(8-10-26-21)9-11-27-22(20)31-19-7-6-17(24)12-18(19)25/h2-13H,1H3,(H,26,28)(H,29,30)/t13-/m0/s1. The number of aromatic carboxylic acids is 1. The molecule has 2 heterocycles. The van der Waals surface area contributed by atoms with E-state index in [0.717, 1.165) is 23.1 Å². The first-order chi connectivity index (χ1) is 14.9. The van der Waals surface area contributed by atoms with Gasteiger partial charge in [-0.3, -0.25) is 0 Å². The number of rotatable bonds is 6. The van der Waals surface area contributed by atoms with Crippen LogP contribution in [0.2, 0.25) is 0 Å². The van der Waals surface area contributed by atoms with Crippen molar-refractivity contribution in [2.45, 2.75) is 13.0 Å². The Morgan fingerprint density at radius 2 is 1.74 bits per heavy atom. The summed E-state index contributed by atoms with van der Waals surface area (Å²) in [5, 5.41) is 13.6. The zero-order valence-electron chi connectivity index (χ0n) is 16.3. The number of ether oxygens (including phenoxy) is 1. The molecular weight excluding hydrogens is 404 g/mol. The topological polar surface area (TPSA) is 84.3 Å². The predicted octanol–water partition coefficient (Wildman–Crippen LogP) is 5.57. The van der Waals surface area contributed by atoms with Crippen molar-refractivity contribution in [2.24, 2.45) is 0 Å². The summed E-state index contributed by atoms with van der Waals surface area (Å²) in [5.74, 6) is -2.13. The molecule has 4 aromatic rings. The summed E-state index contributed by atoms with van der Waals surface area (Å²) in [5.41, 5.74) is 1.04. The number of nitrogens with one attached hydrogen (secondary N) is 1. The summed E-state index contributed by atoms with van der Waals surface area (Å²) < 4.78 is 33.0. The van der Waals surface area contributed by atoms with E-state index in [1.165, 1.54) is 24.4 Å². The highest BCUT2D eigenvalue weighted by Crippen LogP contribution is 2.34. The molecule has 0 saturated heterocycles. The molecule has 0 aliphatic rings. The number of carbonyl (C=O) groups is 1. The van der Waals surface area contributed by atoms with E-state index in [0.29, 0.717) is 11.2 Å². The largest absolute Gasteiger partial charge is 0.478 e. The number of halogens is 2. The van der Waals surface area contributed by atoms with Gasteiger partial charge < -0.3 is 15.2 Å². The Kier molecular flexibility index (Phi) is 5.44. The highest BCUT2D eigenvalue weighted by atomic mass is 19.1. The molecule has 2 aromatic carbocycles. The maximum Gasteiger partial charge on any atom is 0.335 e. The third-order valence-electron chi connectivity index (χ3n) is 4.75. The molecule has 6 nitrogen and oxygen atoms in total. The van der Waals surface area contributed by atoms with E-state index in [1.807, 2.05) is 6.92 Å². The van der Waals surface area contributed by atoms with Crippen molar-refractivity contribution in [3.05, 3.63) is 89.8 Å². The van der Waals surface area contributed by atoms with Gasteiger partial charge in [-0.05, 0) is 54.3 Å². The van der Waals surface area contributed by atoms with Gasteiger partial charge >= 0.3 is 5.97 Å². The van der Waals surface area contributed by atoms with Gasteiger partial charge in [-0.25, -0.2) is 23.5 Å². The van der Waals surface area contributed by atoms with Crippen LogP contribution in [0.3, 0.4) is 0 Å². The molecule has 1 atom stereocenters. The van der Waals surface area contributed by atoms with Crippen LogP contribution in [0.4, 0.5) is 14.6 Å². The lowest BCUT2D eigenvalue weighted by atomic mass is 10.1. The van der Waals surface area contributed by atoms with Gasteiger partial charge in [0.25, 0.3) is 0 Å². The number of carboxylic acids is 1. The normalized spacial score (nSPS) is 11.8. The van der Waals surface area contributed by atoms with E-state index in [-0.39, 0.29) is 23.2 Å². The van der Waals surface area contributed by atoms with Gasteiger partial charge in [0.15, 0.2) is 11.6 Å². The minimum absolute atomic E-state index is 0.118. The molecule has 156 valence electrons. The number of nitrogens with zero attached hydrogens (tertiary/aromatic N) is 2. The Morgan fingerprint density at radius 3 is 2.42 bits per heavy atom. The smallest absolute Gasteiger partial charge is 0.335 e. The molecule has 0 aliphatic heterocycles. The highest BCUT2D eigenvalue weighted by molar-refractivity contribution is 5.96. The van der Waals surface area contributed by atoms with E-state index < -0.39 is 17.6 Å². The lowest BCUT2D eigenvalue weighted by Gasteiger charge is -2.18. The van der Waals surface area contributed by atoms with E-state index >= 15 is 0 Å². The average Bonchev–Trinajstić information content (AvgIpc) is 2.76. The maximum absolute atomic E-state index is 14.1. The highest BCUT2D eigenvalue weighted by Gasteiger charge is 2.16. The van der Waals surface area contributed by atoms with Crippen LogP contribution in [-0.4, -0.2) is 21.0 Å². The molecule has 2 N–H and O–H groups in total. The van der Waals surface area contributed by atoms with E-state index in [2.05, 4.69) is 15.3 Å². The maximum atomic E-state index is 14.1. The summed E-state index contributed by atoms with van der Waals surface area (Å²) in [4.78, 5) is 19.6. The summed E-state index contributed by atoms with van der Waals surface area (Å²) >= 11 is 0. The van der Waals surface area contributed by atoms with Crippen LogP contribution in [0.1, 0.15) is 28.9 Å². The van der Waals surface area contributed by atoms with Crippen molar-refractivity contribution in [2.75, 3.05) is 5.32 Å². The van der Waals surface area contributed by atoms with Gasteiger partial charge in [-0.2, -0.15) is 0 Å². The number of benzene rings is 2. The third kappa shape index (κ3) is 4.28. The molecule has 0 bridgehead atoms. The van der Waals surface area contributed by atoms with Gasteiger partial charge in [-0.1, -0.05) is 12.1 Å². The van der Waals surface area contributed by atoms with Crippen LogP contribution in [0.15, 0.2) is 67.0 Å². The van der Waals surface area contributed by atoms with Crippen molar-refractivity contribution < 1.29 is 23.4 Å². The Morgan fingerprint density at radius 1 is 1.03 bits per heavy atom. The molecule has 31 heavy (non-hydrogen) atoms.